The van der Waals surface area contributed by atoms with Gasteiger partial charge in [0.1, 0.15) is 6.20 Å². The van der Waals surface area contributed by atoms with Gasteiger partial charge >= 0.3 is 5.69 Å². The zero-order valence-electron chi connectivity index (χ0n) is 15.1. The molecule has 0 unspecified atom stereocenters. The van der Waals surface area contributed by atoms with Gasteiger partial charge in [-0.1, -0.05) is 40.2 Å². The van der Waals surface area contributed by atoms with Crippen molar-refractivity contribution in [3.8, 4) is 0 Å². The van der Waals surface area contributed by atoms with Gasteiger partial charge in [-0.05, 0) is 17.7 Å². The summed E-state index contributed by atoms with van der Waals surface area (Å²) in [6.45, 7) is 0.227. The molecule has 0 aliphatic carbocycles. The Kier molecular flexibility index (Phi) is 6.27. The summed E-state index contributed by atoms with van der Waals surface area (Å²) in [6, 6.07) is 12.9. The molecule has 0 saturated heterocycles. The van der Waals surface area contributed by atoms with Crippen molar-refractivity contribution in [1.82, 2.24) is 15.2 Å². The van der Waals surface area contributed by atoms with E-state index in [1.165, 1.54) is 35.3 Å². The molecule has 2 aromatic carbocycles. The molecule has 152 valence electrons. The van der Waals surface area contributed by atoms with Crippen molar-refractivity contribution in [2.24, 2.45) is 5.10 Å². The normalized spacial score (nSPS) is 10.8. The third-order valence-corrected chi connectivity index (χ3v) is 4.34. The summed E-state index contributed by atoms with van der Waals surface area (Å²) in [5.41, 5.74) is 2.36. The molecule has 1 amide bonds. The van der Waals surface area contributed by atoms with Crippen LogP contribution in [0.25, 0.3) is 0 Å². The Hall–Kier alpha value is -3.93. The molecule has 0 atom stereocenters. The molecule has 30 heavy (non-hydrogen) atoms. The standard InChI is InChI=1S/C18H13BrN6O5/c19-14-5-1-4-13(7-14)10-23-11-16(25(29)30)17(22-23)18(26)21-20-9-12-3-2-6-15(8-12)24(27)28/h1-9,11H,10H2,(H,21,26). The number of carbonyl (C=O) groups is 1. The molecule has 1 N–H and O–H groups in total. The zero-order valence-corrected chi connectivity index (χ0v) is 16.7. The van der Waals surface area contributed by atoms with E-state index in [1.54, 1.807) is 6.07 Å². The van der Waals surface area contributed by atoms with Crippen LogP contribution in [0.1, 0.15) is 21.6 Å². The predicted octanol–water partition coefficient (Wildman–Crippen LogP) is 3.27. The molecule has 0 spiro atoms. The van der Waals surface area contributed by atoms with E-state index < -0.39 is 27.1 Å². The van der Waals surface area contributed by atoms with Gasteiger partial charge in [0.15, 0.2) is 0 Å². The highest BCUT2D eigenvalue weighted by Gasteiger charge is 2.25. The Bertz CT molecular complexity index is 1160. The Morgan fingerprint density at radius 1 is 1.17 bits per heavy atom. The van der Waals surface area contributed by atoms with Crippen LogP contribution in [0.5, 0.6) is 0 Å². The number of rotatable bonds is 7. The molecule has 0 saturated carbocycles. The molecule has 1 heterocycles. The molecule has 0 radical (unpaired) electrons. The monoisotopic (exact) mass is 472 g/mol. The zero-order chi connectivity index (χ0) is 21.7. The van der Waals surface area contributed by atoms with Crippen LogP contribution in [0, 0.1) is 20.2 Å². The first kappa shape index (κ1) is 20.8. The predicted molar refractivity (Wildman–Crippen MR) is 110 cm³/mol. The molecule has 3 aromatic rings. The minimum Gasteiger partial charge on any atom is -0.265 e. The first-order valence-electron chi connectivity index (χ1n) is 8.37. The summed E-state index contributed by atoms with van der Waals surface area (Å²) in [6.07, 6.45) is 2.36. The maximum absolute atomic E-state index is 12.3. The summed E-state index contributed by atoms with van der Waals surface area (Å²) < 4.78 is 2.13. The van der Waals surface area contributed by atoms with Crippen molar-refractivity contribution in [3.05, 3.63) is 96.2 Å². The molecule has 3 rings (SSSR count). The average molecular weight is 473 g/mol. The lowest BCUT2D eigenvalue weighted by molar-refractivity contribution is -0.385. The van der Waals surface area contributed by atoms with Crippen LogP contribution in [0.2, 0.25) is 0 Å². The van der Waals surface area contributed by atoms with Crippen LogP contribution in [-0.4, -0.2) is 31.7 Å². The number of nitro groups is 2. The first-order chi connectivity index (χ1) is 14.3. The summed E-state index contributed by atoms with van der Waals surface area (Å²) in [5, 5.41) is 29.8. The van der Waals surface area contributed by atoms with Gasteiger partial charge in [-0.15, -0.1) is 0 Å². The smallest absolute Gasteiger partial charge is 0.265 e. The van der Waals surface area contributed by atoms with Gasteiger partial charge in [-0.2, -0.15) is 10.2 Å². The van der Waals surface area contributed by atoms with Crippen molar-refractivity contribution in [3.63, 3.8) is 0 Å². The van der Waals surface area contributed by atoms with Gasteiger partial charge in [-0.25, -0.2) is 5.43 Å². The number of aromatic nitrogens is 2. The second kappa shape index (κ2) is 9.05. The van der Waals surface area contributed by atoms with E-state index in [0.29, 0.717) is 5.56 Å². The fourth-order valence-electron chi connectivity index (χ4n) is 2.55. The second-order valence-electron chi connectivity index (χ2n) is 6.00. The number of amides is 1. The number of hydrazone groups is 1. The summed E-state index contributed by atoms with van der Waals surface area (Å²) in [4.78, 5) is 33.2. The summed E-state index contributed by atoms with van der Waals surface area (Å²) >= 11 is 3.35. The van der Waals surface area contributed by atoms with Gasteiger partial charge in [0, 0.05) is 22.2 Å². The Labute approximate surface area is 177 Å². The van der Waals surface area contributed by atoms with Crippen molar-refractivity contribution in [2.45, 2.75) is 6.54 Å². The number of nitro benzene ring substituents is 1. The Morgan fingerprint density at radius 2 is 1.93 bits per heavy atom. The SMILES string of the molecule is O=C(NN=Cc1cccc([N+](=O)[O-])c1)c1nn(Cc2cccc(Br)c2)cc1[N+](=O)[O-]. The van der Waals surface area contributed by atoms with Crippen molar-refractivity contribution in [2.75, 3.05) is 0 Å². The number of nitrogens with one attached hydrogen (secondary N) is 1. The lowest BCUT2D eigenvalue weighted by Gasteiger charge is -2.01. The van der Waals surface area contributed by atoms with Crippen LogP contribution >= 0.6 is 15.9 Å². The first-order valence-corrected chi connectivity index (χ1v) is 9.17. The quantitative estimate of drug-likeness (QED) is 0.317. The number of hydrogen-bond donors (Lipinski definition) is 1. The van der Waals surface area contributed by atoms with Gasteiger partial charge in [0.25, 0.3) is 11.6 Å². The van der Waals surface area contributed by atoms with Crippen molar-refractivity contribution >= 4 is 39.4 Å². The number of carbonyl (C=O) groups excluding carboxylic acids is 1. The van der Waals surface area contributed by atoms with Crippen LogP contribution < -0.4 is 5.43 Å². The number of halogens is 1. The fourth-order valence-corrected chi connectivity index (χ4v) is 2.99. The minimum absolute atomic E-state index is 0.132. The van der Waals surface area contributed by atoms with Gasteiger partial charge in [-0.3, -0.25) is 29.7 Å². The lowest BCUT2D eigenvalue weighted by atomic mass is 10.2. The maximum atomic E-state index is 12.3. The molecule has 11 nitrogen and oxygen atoms in total. The number of benzene rings is 2. The Morgan fingerprint density at radius 3 is 2.63 bits per heavy atom. The van der Waals surface area contributed by atoms with E-state index in [4.69, 9.17) is 0 Å². The number of hydrogen-bond acceptors (Lipinski definition) is 7. The lowest BCUT2D eigenvalue weighted by Crippen LogP contribution is -2.19. The van der Waals surface area contributed by atoms with E-state index in [-0.39, 0.29) is 12.2 Å². The van der Waals surface area contributed by atoms with Gasteiger partial charge in [0.2, 0.25) is 5.69 Å². The van der Waals surface area contributed by atoms with E-state index >= 15 is 0 Å². The minimum atomic E-state index is -0.878. The van der Waals surface area contributed by atoms with Crippen LogP contribution in [0.4, 0.5) is 11.4 Å². The van der Waals surface area contributed by atoms with Gasteiger partial charge in [0.05, 0.1) is 22.6 Å². The molecule has 0 aliphatic rings. The molecular weight excluding hydrogens is 460 g/mol. The molecule has 0 fully saturated rings. The average Bonchev–Trinajstić information content (AvgIpc) is 3.12. The second-order valence-corrected chi connectivity index (χ2v) is 6.91. The van der Waals surface area contributed by atoms with Crippen LogP contribution in [-0.2, 0) is 6.54 Å². The van der Waals surface area contributed by atoms with Crippen molar-refractivity contribution in [1.29, 1.82) is 0 Å². The molecule has 0 aliphatic heterocycles. The highest BCUT2D eigenvalue weighted by Crippen LogP contribution is 2.19. The van der Waals surface area contributed by atoms with E-state index in [0.717, 1.165) is 10.0 Å². The van der Waals surface area contributed by atoms with Crippen molar-refractivity contribution < 1.29 is 14.6 Å². The highest BCUT2D eigenvalue weighted by atomic mass is 79.9. The van der Waals surface area contributed by atoms with E-state index in [9.17, 15) is 25.0 Å². The van der Waals surface area contributed by atoms with Crippen LogP contribution in [0.15, 0.2) is 64.3 Å². The maximum Gasteiger partial charge on any atom is 0.320 e. The summed E-state index contributed by atoms with van der Waals surface area (Å²) in [5.74, 6) is -0.878. The largest absolute Gasteiger partial charge is 0.320 e. The number of nitrogens with zero attached hydrogens (tertiary/aromatic N) is 5. The molecule has 12 heteroatoms. The van der Waals surface area contributed by atoms with E-state index in [1.807, 2.05) is 24.3 Å². The topological polar surface area (TPSA) is 146 Å². The number of non-ortho nitro benzene ring substituents is 1. The highest BCUT2D eigenvalue weighted by molar-refractivity contribution is 9.10. The van der Waals surface area contributed by atoms with Crippen LogP contribution in [0.3, 0.4) is 0 Å². The molecule has 0 bridgehead atoms. The van der Waals surface area contributed by atoms with Gasteiger partial charge < -0.3 is 0 Å². The Balaban J connectivity index is 1.76. The molecular formula is C18H13BrN6O5. The van der Waals surface area contributed by atoms with E-state index in [2.05, 4.69) is 31.6 Å². The fraction of sp³-hybridized carbons (Fsp3) is 0.0556. The summed E-state index contributed by atoms with van der Waals surface area (Å²) in [7, 11) is 0. The third kappa shape index (κ3) is 5.11. The third-order valence-electron chi connectivity index (χ3n) is 3.85. The molecule has 1 aromatic heterocycles.